The number of nitrogens with zero attached hydrogens (tertiary/aromatic N) is 2. The van der Waals surface area contributed by atoms with Gasteiger partial charge in [-0.05, 0) is 25.0 Å². The van der Waals surface area contributed by atoms with E-state index in [4.69, 9.17) is 0 Å². The van der Waals surface area contributed by atoms with Gasteiger partial charge in [0.2, 0.25) is 5.92 Å². The lowest BCUT2D eigenvalue weighted by molar-refractivity contribution is -0.0385. The summed E-state index contributed by atoms with van der Waals surface area (Å²) in [5, 5.41) is 4.46. The smallest absolute Gasteiger partial charge is 0.248 e. The van der Waals surface area contributed by atoms with Gasteiger partial charge in [-0.15, -0.1) is 0 Å². The third kappa shape index (κ3) is 2.86. The lowest BCUT2D eigenvalue weighted by atomic mass is 9.84. The number of carbonyl (C=O) groups excluding carboxylic acids is 1. The molecular formula is C16H16F2N2O. The van der Waals surface area contributed by atoms with Gasteiger partial charge in [0.15, 0.2) is 6.29 Å². The summed E-state index contributed by atoms with van der Waals surface area (Å²) in [5.74, 6) is -2.63. The molecule has 1 fully saturated rings. The van der Waals surface area contributed by atoms with Gasteiger partial charge in [0.05, 0.1) is 16.9 Å². The summed E-state index contributed by atoms with van der Waals surface area (Å²) in [6.07, 6.45) is 2.92. The number of carbonyl (C=O) groups is 1. The summed E-state index contributed by atoms with van der Waals surface area (Å²) < 4.78 is 28.1. The SMILES string of the molecule is O=Cc1cn(-c2ccccc2)nc1C1CCC(F)(F)CC1. The van der Waals surface area contributed by atoms with Gasteiger partial charge in [-0.2, -0.15) is 5.10 Å². The van der Waals surface area contributed by atoms with Crippen molar-refractivity contribution in [1.82, 2.24) is 9.78 Å². The van der Waals surface area contributed by atoms with Gasteiger partial charge >= 0.3 is 0 Å². The molecule has 110 valence electrons. The van der Waals surface area contributed by atoms with E-state index < -0.39 is 5.92 Å². The molecule has 3 nitrogen and oxygen atoms in total. The molecule has 0 unspecified atom stereocenters. The zero-order chi connectivity index (χ0) is 14.9. The first-order valence-electron chi connectivity index (χ1n) is 7.07. The molecule has 0 bridgehead atoms. The van der Waals surface area contributed by atoms with Gasteiger partial charge in [0, 0.05) is 25.0 Å². The first kappa shape index (κ1) is 13.9. The Bertz CT molecular complexity index is 627. The van der Waals surface area contributed by atoms with Crippen molar-refractivity contribution in [2.24, 2.45) is 0 Å². The molecule has 3 rings (SSSR count). The molecule has 1 aromatic heterocycles. The fraction of sp³-hybridized carbons (Fsp3) is 0.375. The van der Waals surface area contributed by atoms with E-state index in [0.29, 0.717) is 24.1 Å². The first-order chi connectivity index (χ1) is 10.1. The molecular weight excluding hydrogens is 274 g/mol. The topological polar surface area (TPSA) is 34.9 Å². The average molecular weight is 290 g/mol. The predicted molar refractivity (Wildman–Crippen MR) is 75.1 cm³/mol. The average Bonchev–Trinajstić information content (AvgIpc) is 2.92. The molecule has 0 N–H and O–H groups in total. The fourth-order valence-electron chi connectivity index (χ4n) is 2.84. The second-order valence-electron chi connectivity index (χ2n) is 5.50. The molecule has 0 saturated heterocycles. The van der Waals surface area contributed by atoms with Crippen LogP contribution in [0.15, 0.2) is 36.5 Å². The Hall–Kier alpha value is -2.04. The number of aromatic nitrogens is 2. The maximum absolute atomic E-state index is 13.3. The molecule has 1 aliphatic rings. The molecule has 1 aliphatic carbocycles. The quantitative estimate of drug-likeness (QED) is 0.801. The predicted octanol–water partition coefficient (Wildman–Crippen LogP) is 3.98. The zero-order valence-corrected chi connectivity index (χ0v) is 11.5. The van der Waals surface area contributed by atoms with Crippen molar-refractivity contribution in [2.45, 2.75) is 37.5 Å². The largest absolute Gasteiger partial charge is 0.298 e. The highest BCUT2D eigenvalue weighted by Crippen LogP contribution is 2.41. The number of hydrogen-bond donors (Lipinski definition) is 0. The standard InChI is InChI=1S/C16H16F2N2O/c17-16(18)8-6-12(7-9-16)15-13(11-21)10-20(19-15)14-4-2-1-3-5-14/h1-5,10-12H,6-9H2. The lowest BCUT2D eigenvalue weighted by Gasteiger charge is -2.27. The molecule has 1 aromatic carbocycles. The van der Waals surface area contributed by atoms with E-state index >= 15 is 0 Å². The van der Waals surface area contributed by atoms with Crippen LogP contribution in [0.2, 0.25) is 0 Å². The van der Waals surface area contributed by atoms with Gasteiger partial charge in [-0.3, -0.25) is 4.79 Å². The molecule has 5 heteroatoms. The molecule has 21 heavy (non-hydrogen) atoms. The van der Waals surface area contributed by atoms with Gasteiger partial charge in [-0.1, -0.05) is 18.2 Å². The second kappa shape index (κ2) is 5.39. The molecule has 1 saturated carbocycles. The van der Waals surface area contributed by atoms with Gasteiger partial charge in [0.1, 0.15) is 0 Å². The third-order valence-electron chi connectivity index (χ3n) is 4.02. The highest BCUT2D eigenvalue weighted by molar-refractivity contribution is 5.76. The molecule has 2 aromatic rings. The number of benzene rings is 1. The van der Waals surface area contributed by atoms with Crippen LogP contribution in [0.4, 0.5) is 8.78 Å². The van der Waals surface area contributed by atoms with E-state index in [1.54, 1.807) is 10.9 Å². The Labute approximate surface area is 121 Å². The molecule has 0 amide bonds. The van der Waals surface area contributed by atoms with E-state index in [0.717, 1.165) is 12.0 Å². The minimum absolute atomic E-state index is 0.0604. The lowest BCUT2D eigenvalue weighted by Crippen LogP contribution is -2.24. The molecule has 0 spiro atoms. The maximum Gasteiger partial charge on any atom is 0.248 e. The Morgan fingerprint density at radius 1 is 1.19 bits per heavy atom. The van der Waals surface area contributed by atoms with Crippen LogP contribution in [0.3, 0.4) is 0 Å². The van der Waals surface area contributed by atoms with Crippen LogP contribution in [0.5, 0.6) is 0 Å². The van der Waals surface area contributed by atoms with E-state index in [1.807, 2.05) is 30.3 Å². The number of rotatable bonds is 3. The number of halogens is 2. The summed E-state index contributed by atoms with van der Waals surface area (Å²) >= 11 is 0. The molecule has 1 heterocycles. The van der Waals surface area contributed by atoms with Crippen molar-refractivity contribution >= 4 is 6.29 Å². The van der Waals surface area contributed by atoms with Crippen LogP contribution in [0.1, 0.15) is 47.7 Å². The minimum Gasteiger partial charge on any atom is -0.298 e. The summed E-state index contributed by atoms with van der Waals surface area (Å²) in [5.41, 5.74) is 1.99. The van der Waals surface area contributed by atoms with Gasteiger partial charge in [-0.25, -0.2) is 13.5 Å². The maximum atomic E-state index is 13.3. The normalized spacial score (nSPS) is 18.6. The third-order valence-corrected chi connectivity index (χ3v) is 4.02. The highest BCUT2D eigenvalue weighted by atomic mass is 19.3. The van der Waals surface area contributed by atoms with Crippen LogP contribution in [-0.4, -0.2) is 22.0 Å². The number of hydrogen-bond acceptors (Lipinski definition) is 2. The van der Waals surface area contributed by atoms with Crippen LogP contribution in [-0.2, 0) is 0 Å². The van der Waals surface area contributed by atoms with Crippen molar-refractivity contribution < 1.29 is 13.6 Å². The van der Waals surface area contributed by atoms with E-state index in [-0.39, 0.29) is 18.8 Å². The monoisotopic (exact) mass is 290 g/mol. The highest BCUT2D eigenvalue weighted by Gasteiger charge is 2.36. The van der Waals surface area contributed by atoms with Crippen molar-refractivity contribution in [3.63, 3.8) is 0 Å². The molecule has 0 aliphatic heterocycles. The van der Waals surface area contributed by atoms with Crippen molar-refractivity contribution in [3.05, 3.63) is 47.8 Å². The second-order valence-corrected chi connectivity index (χ2v) is 5.50. The van der Waals surface area contributed by atoms with Crippen LogP contribution < -0.4 is 0 Å². The van der Waals surface area contributed by atoms with E-state index in [9.17, 15) is 13.6 Å². The van der Waals surface area contributed by atoms with Crippen LogP contribution in [0, 0.1) is 0 Å². The number of aldehydes is 1. The van der Waals surface area contributed by atoms with Gasteiger partial charge < -0.3 is 0 Å². The minimum atomic E-state index is -2.57. The summed E-state index contributed by atoms with van der Waals surface area (Å²) in [7, 11) is 0. The van der Waals surface area contributed by atoms with Crippen molar-refractivity contribution in [2.75, 3.05) is 0 Å². The summed E-state index contributed by atoms with van der Waals surface area (Å²) in [4.78, 5) is 11.2. The van der Waals surface area contributed by atoms with E-state index in [1.165, 1.54) is 0 Å². The Morgan fingerprint density at radius 2 is 1.86 bits per heavy atom. The Kier molecular flexibility index (Phi) is 3.57. The summed E-state index contributed by atoms with van der Waals surface area (Å²) in [6, 6.07) is 9.45. The molecule has 0 radical (unpaired) electrons. The zero-order valence-electron chi connectivity index (χ0n) is 11.5. The Morgan fingerprint density at radius 3 is 2.48 bits per heavy atom. The van der Waals surface area contributed by atoms with Crippen LogP contribution in [0.25, 0.3) is 5.69 Å². The van der Waals surface area contributed by atoms with Gasteiger partial charge in [0.25, 0.3) is 0 Å². The number of para-hydroxylation sites is 1. The number of alkyl halides is 2. The van der Waals surface area contributed by atoms with Crippen molar-refractivity contribution in [3.8, 4) is 5.69 Å². The van der Waals surface area contributed by atoms with Crippen LogP contribution >= 0.6 is 0 Å². The van der Waals surface area contributed by atoms with E-state index in [2.05, 4.69) is 5.10 Å². The summed E-state index contributed by atoms with van der Waals surface area (Å²) in [6.45, 7) is 0. The Balaban J connectivity index is 1.89. The molecule has 0 atom stereocenters. The first-order valence-corrected chi connectivity index (χ1v) is 7.07. The fourth-order valence-corrected chi connectivity index (χ4v) is 2.84. The van der Waals surface area contributed by atoms with Crippen molar-refractivity contribution in [1.29, 1.82) is 0 Å².